The molecule has 2 aliphatic rings. The number of hydrogen-bond donors (Lipinski definition) is 1. The highest BCUT2D eigenvalue weighted by atomic mass is 32.2. The SMILES string of the molecule is CCCCCCOc1ccc(N(c2ccc(/C=C3\SC(=S)N(CC(=O)O)C3=O)cc2)c2ccc3c(c2)C(C)(C)c2ccccc2-3)cc1. The monoisotopic (exact) mass is 662 g/mol. The molecule has 240 valence electrons. The number of nitrogens with zero attached hydrogens (tertiary/aromatic N) is 2. The normalized spacial score (nSPS) is 15.6. The summed E-state index contributed by atoms with van der Waals surface area (Å²) >= 11 is 6.39. The summed E-state index contributed by atoms with van der Waals surface area (Å²) in [5, 5.41) is 9.17. The summed E-state index contributed by atoms with van der Waals surface area (Å²) in [6.45, 7) is 7.04. The zero-order valence-corrected chi connectivity index (χ0v) is 28.5. The van der Waals surface area contributed by atoms with E-state index in [2.05, 4.69) is 80.3 Å². The second kappa shape index (κ2) is 13.8. The van der Waals surface area contributed by atoms with E-state index in [9.17, 15) is 9.59 Å². The second-order valence-corrected chi connectivity index (χ2v) is 14.1. The molecule has 0 unspecified atom stereocenters. The highest BCUT2D eigenvalue weighted by molar-refractivity contribution is 8.26. The van der Waals surface area contributed by atoms with E-state index in [0.717, 1.165) is 51.5 Å². The fraction of sp³-hybridized carbons (Fsp3) is 0.256. The average molecular weight is 663 g/mol. The predicted molar refractivity (Wildman–Crippen MR) is 196 cm³/mol. The van der Waals surface area contributed by atoms with Crippen LogP contribution in [0.25, 0.3) is 17.2 Å². The van der Waals surface area contributed by atoms with Gasteiger partial charge in [0.05, 0.1) is 11.5 Å². The van der Waals surface area contributed by atoms with Crippen molar-refractivity contribution in [3.8, 4) is 16.9 Å². The Morgan fingerprint density at radius 1 is 0.894 bits per heavy atom. The summed E-state index contributed by atoms with van der Waals surface area (Å²) in [7, 11) is 0. The number of benzene rings is 4. The summed E-state index contributed by atoms with van der Waals surface area (Å²) in [4.78, 5) is 27.8. The standard InChI is InChI=1S/C39H38N2O4S2/c1-4-5-6-9-22-45-30-19-16-28(17-20-30)41(29-18-21-32-31-10-7-8-11-33(31)39(2,3)34(32)24-29)27-14-12-26(13-15-27)23-35-37(44)40(25-36(42)43)38(46)47-35/h7-8,10-21,23-24H,4-6,9,22,25H2,1-3H3,(H,42,43)/b35-23-. The number of anilines is 3. The first-order valence-electron chi connectivity index (χ1n) is 16.0. The molecule has 1 fully saturated rings. The van der Waals surface area contributed by atoms with Gasteiger partial charge in [-0.25, -0.2) is 0 Å². The van der Waals surface area contributed by atoms with E-state index >= 15 is 0 Å². The maximum absolute atomic E-state index is 12.8. The Hall–Kier alpha value is -4.40. The van der Waals surface area contributed by atoms with Crippen LogP contribution in [0.1, 0.15) is 63.1 Å². The summed E-state index contributed by atoms with van der Waals surface area (Å²) in [6, 6.07) is 31.6. The molecule has 0 spiro atoms. The lowest BCUT2D eigenvalue weighted by atomic mass is 9.82. The number of unbranched alkanes of at least 4 members (excludes halogenated alkanes) is 3. The number of thioether (sulfide) groups is 1. The Morgan fingerprint density at radius 2 is 1.55 bits per heavy atom. The van der Waals surface area contributed by atoms with Gasteiger partial charge in [-0.2, -0.15) is 0 Å². The molecule has 1 heterocycles. The molecule has 0 saturated carbocycles. The molecule has 0 bridgehead atoms. The Balaban J connectivity index is 1.33. The molecular weight excluding hydrogens is 625 g/mol. The molecule has 1 saturated heterocycles. The molecule has 1 amide bonds. The molecule has 8 heteroatoms. The Morgan fingerprint density at radius 3 is 2.26 bits per heavy atom. The minimum absolute atomic E-state index is 0.139. The molecule has 4 aromatic carbocycles. The fourth-order valence-corrected chi connectivity index (χ4v) is 7.59. The van der Waals surface area contributed by atoms with Gasteiger partial charge in [0.1, 0.15) is 16.6 Å². The maximum atomic E-state index is 12.8. The van der Waals surface area contributed by atoms with E-state index in [1.54, 1.807) is 6.08 Å². The van der Waals surface area contributed by atoms with Gasteiger partial charge >= 0.3 is 5.97 Å². The number of fused-ring (bicyclic) bond motifs is 3. The van der Waals surface area contributed by atoms with Gasteiger partial charge in [-0.05, 0) is 88.8 Å². The van der Waals surface area contributed by atoms with Gasteiger partial charge in [0, 0.05) is 22.5 Å². The third-order valence-electron chi connectivity index (χ3n) is 8.80. The number of amides is 1. The highest BCUT2D eigenvalue weighted by Gasteiger charge is 2.36. The van der Waals surface area contributed by atoms with Crippen molar-refractivity contribution >= 4 is 63.3 Å². The number of hydrogen-bond acceptors (Lipinski definition) is 6. The number of thiocarbonyl (C=S) groups is 1. The van der Waals surface area contributed by atoms with Crippen LogP contribution in [0.2, 0.25) is 0 Å². The van der Waals surface area contributed by atoms with Crippen molar-refractivity contribution in [1.82, 2.24) is 4.90 Å². The molecule has 0 aromatic heterocycles. The smallest absolute Gasteiger partial charge is 0.323 e. The lowest BCUT2D eigenvalue weighted by Crippen LogP contribution is -2.33. The van der Waals surface area contributed by atoms with Crippen molar-refractivity contribution in [2.75, 3.05) is 18.1 Å². The average Bonchev–Trinajstić information content (AvgIpc) is 3.46. The van der Waals surface area contributed by atoms with Crippen LogP contribution >= 0.6 is 24.0 Å². The number of aliphatic carboxylic acids is 1. The van der Waals surface area contributed by atoms with E-state index in [1.165, 1.54) is 41.5 Å². The van der Waals surface area contributed by atoms with Crippen molar-refractivity contribution in [1.29, 1.82) is 0 Å². The Labute approximate surface area is 286 Å². The van der Waals surface area contributed by atoms with E-state index in [0.29, 0.717) is 11.5 Å². The number of ether oxygens (including phenoxy) is 1. The molecule has 6 nitrogen and oxygen atoms in total. The molecule has 4 aromatic rings. The predicted octanol–water partition coefficient (Wildman–Crippen LogP) is 9.71. The number of carboxylic acids is 1. The minimum atomic E-state index is -1.10. The van der Waals surface area contributed by atoms with Crippen LogP contribution in [-0.4, -0.2) is 39.4 Å². The third kappa shape index (κ3) is 6.71. The summed E-state index contributed by atoms with van der Waals surface area (Å²) in [5.41, 5.74) is 8.84. The summed E-state index contributed by atoms with van der Waals surface area (Å²) in [6.07, 6.45) is 6.41. The summed E-state index contributed by atoms with van der Waals surface area (Å²) in [5.74, 6) is -0.633. The first-order valence-corrected chi connectivity index (χ1v) is 17.2. The number of carboxylic acid groups (broad SMARTS) is 1. The quantitative estimate of drug-likeness (QED) is 0.0920. The first kappa shape index (κ1) is 32.5. The third-order valence-corrected chi connectivity index (χ3v) is 10.2. The van der Waals surface area contributed by atoms with Gasteiger partial charge in [0.15, 0.2) is 0 Å². The van der Waals surface area contributed by atoms with Crippen LogP contribution in [0.4, 0.5) is 17.1 Å². The van der Waals surface area contributed by atoms with E-state index in [1.807, 2.05) is 36.4 Å². The van der Waals surface area contributed by atoms with Gasteiger partial charge in [0.2, 0.25) is 0 Å². The zero-order chi connectivity index (χ0) is 33.1. The highest BCUT2D eigenvalue weighted by Crippen LogP contribution is 2.50. The molecule has 0 atom stereocenters. The fourth-order valence-electron chi connectivity index (χ4n) is 6.33. The van der Waals surface area contributed by atoms with E-state index in [4.69, 9.17) is 22.1 Å². The van der Waals surface area contributed by atoms with Gasteiger partial charge in [0.25, 0.3) is 5.91 Å². The Kier molecular flexibility index (Phi) is 9.52. The zero-order valence-electron chi connectivity index (χ0n) is 26.9. The molecule has 0 radical (unpaired) electrons. The Bertz CT molecular complexity index is 1850. The minimum Gasteiger partial charge on any atom is -0.494 e. The van der Waals surface area contributed by atoms with Gasteiger partial charge in [-0.3, -0.25) is 14.5 Å². The van der Waals surface area contributed by atoms with Gasteiger partial charge in [-0.15, -0.1) is 0 Å². The summed E-state index contributed by atoms with van der Waals surface area (Å²) < 4.78 is 6.30. The van der Waals surface area contributed by atoms with E-state index in [-0.39, 0.29) is 15.6 Å². The lowest BCUT2D eigenvalue weighted by molar-refractivity contribution is -0.140. The van der Waals surface area contributed by atoms with Crippen LogP contribution < -0.4 is 9.64 Å². The molecular formula is C39H38N2O4S2. The van der Waals surface area contributed by atoms with Crippen molar-refractivity contribution in [2.24, 2.45) is 0 Å². The molecule has 1 aliphatic heterocycles. The van der Waals surface area contributed by atoms with Crippen molar-refractivity contribution in [3.05, 3.63) is 113 Å². The lowest BCUT2D eigenvalue weighted by Gasteiger charge is -2.28. The van der Waals surface area contributed by atoms with Crippen LogP contribution in [0.5, 0.6) is 5.75 Å². The largest absolute Gasteiger partial charge is 0.494 e. The molecule has 1 N–H and O–H groups in total. The van der Waals surface area contributed by atoms with Crippen LogP contribution in [-0.2, 0) is 15.0 Å². The molecule has 6 rings (SSSR count). The molecule has 1 aliphatic carbocycles. The first-order chi connectivity index (χ1) is 22.7. The van der Waals surface area contributed by atoms with Crippen molar-refractivity contribution < 1.29 is 19.4 Å². The topological polar surface area (TPSA) is 70.1 Å². The van der Waals surface area contributed by atoms with Gasteiger partial charge < -0.3 is 14.7 Å². The van der Waals surface area contributed by atoms with Crippen LogP contribution in [0, 0.1) is 0 Å². The van der Waals surface area contributed by atoms with Crippen LogP contribution in [0.3, 0.4) is 0 Å². The number of carbonyl (C=O) groups excluding carboxylic acids is 1. The molecule has 47 heavy (non-hydrogen) atoms. The second-order valence-electron chi connectivity index (χ2n) is 12.4. The van der Waals surface area contributed by atoms with Crippen molar-refractivity contribution in [3.63, 3.8) is 0 Å². The number of rotatable bonds is 12. The van der Waals surface area contributed by atoms with Crippen molar-refractivity contribution in [2.45, 2.75) is 51.9 Å². The maximum Gasteiger partial charge on any atom is 0.323 e. The van der Waals surface area contributed by atoms with Crippen LogP contribution in [0.15, 0.2) is 95.9 Å². The van der Waals surface area contributed by atoms with E-state index < -0.39 is 12.5 Å². The van der Waals surface area contributed by atoms with Gasteiger partial charge in [-0.1, -0.05) is 106 Å². The number of carbonyl (C=O) groups is 2.